The smallest absolute Gasteiger partial charge is 0.258 e. The van der Waals surface area contributed by atoms with E-state index in [1.807, 2.05) is 23.1 Å². The van der Waals surface area contributed by atoms with E-state index >= 15 is 0 Å². The molecule has 1 atom stereocenters. The lowest BCUT2D eigenvalue weighted by molar-refractivity contribution is -0.123. The van der Waals surface area contributed by atoms with Gasteiger partial charge in [-0.3, -0.25) is 10.1 Å². The first-order chi connectivity index (χ1) is 12.1. The van der Waals surface area contributed by atoms with Crippen molar-refractivity contribution in [2.24, 2.45) is 0 Å². The summed E-state index contributed by atoms with van der Waals surface area (Å²) < 4.78 is 0. The fourth-order valence-corrected chi connectivity index (χ4v) is 4.57. The van der Waals surface area contributed by atoms with E-state index < -0.39 is 5.54 Å². The molecule has 4 heteroatoms. The van der Waals surface area contributed by atoms with Crippen molar-refractivity contribution in [3.63, 3.8) is 0 Å². The van der Waals surface area contributed by atoms with Gasteiger partial charge in [0.05, 0.1) is 5.69 Å². The number of nitrogens with one attached hydrogen (secondary N) is 2. The maximum Gasteiger partial charge on any atom is 0.258 e. The van der Waals surface area contributed by atoms with Gasteiger partial charge in [-0.15, -0.1) is 0 Å². The highest BCUT2D eigenvalue weighted by Gasteiger charge is 2.55. The molecule has 126 valence electrons. The molecule has 5 rings (SSSR count). The van der Waals surface area contributed by atoms with Crippen molar-refractivity contribution in [3.05, 3.63) is 65.4 Å². The monoisotopic (exact) mass is 331 g/mol. The normalized spacial score (nSPS) is 22.0. The third kappa shape index (κ3) is 1.72. The second kappa shape index (κ2) is 4.96. The van der Waals surface area contributed by atoms with Crippen molar-refractivity contribution in [3.8, 4) is 0 Å². The number of H-pyrrole nitrogens is 1. The van der Waals surface area contributed by atoms with Crippen LogP contribution in [0.5, 0.6) is 0 Å². The number of fused-ring (bicyclic) bond motifs is 6. The van der Waals surface area contributed by atoms with Crippen LogP contribution in [0.3, 0.4) is 0 Å². The first-order valence-corrected chi connectivity index (χ1v) is 8.93. The van der Waals surface area contributed by atoms with Crippen molar-refractivity contribution in [1.82, 2.24) is 10.3 Å². The Hall–Kier alpha value is -2.59. The zero-order chi connectivity index (χ0) is 17.2. The van der Waals surface area contributed by atoms with Crippen molar-refractivity contribution in [2.45, 2.75) is 31.8 Å². The van der Waals surface area contributed by atoms with Gasteiger partial charge >= 0.3 is 0 Å². The molecular weight excluding hydrogens is 310 g/mol. The Morgan fingerprint density at radius 3 is 2.68 bits per heavy atom. The van der Waals surface area contributed by atoms with Gasteiger partial charge in [0, 0.05) is 34.7 Å². The lowest BCUT2D eigenvalue weighted by Crippen LogP contribution is -2.56. The van der Waals surface area contributed by atoms with Gasteiger partial charge in [-0.2, -0.15) is 0 Å². The SMILES string of the molecule is CC(C)N1C(=O)C2(NCCc3c2[nH]c2ccccc32)c2ccccc21. The molecule has 0 bridgehead atoms. The Labute approximate surface area is 146 Å². The summed E-state index contributed by atoms with van der Waals surface area (Å²) in [6.45, 7) is 4.94. The quantitative estimate of drug-likeness (QED) is 0.719. The van der Waals surface area contributed by atoms with Crippen LogP contribution >= 0.6 is 0 Å². The van der Waals surface area contributed by atoms with Crippen LogP contribution < -0.4 is 10.2 Å². The largest absolute Gasteiger partial charge is 0.356 e. The van der Waals surface area contributed by atoms with Crippen molar-refractivity contribution in [2.75, 3.05) is 11.4 Å². The summed E-state index contributed by atoms with van der Waals surface area (Å²) >= 11 is 0. The van der Waals surface area contributed by atoms with E-state index in [0.717, 1.165) is 35.4 Å². The fourth-order valence-electron chi connectivity index (χ4n) is 4.57. The van der Waals surface area contributed by atoms with Crippen LogP contribution in [-0.4, -0.2) is 23.5 Å². The first-order valence-electron chi connectivity index (χ1n) is 8.93. The van der Waals surface area contributed by atoms with E-state index in [2.05, 4.69) is 54.5 Å². The Bertz CT molecular complexity index is 1000. The maximum absolute atomic E-state index is 13.7. The number of rotatable bonds is 1. The molecule has 1 spiro atoms. The van der Waals surface area contributed by atoms with Crippen molar-refractivity contribution < 1.29 is 4.79 Å². The number of benzene rings is 2. The second-order valence-corrected chi connectivity index (χ2v) is 7.24. The number of anilines is 1. The van der Waals surface area contributed by atoms with Crippen LogP contribution in [-0.2, 0) is 16.8 Å². The first kappa shape index (κ1) is 14.7. The number of aromatic amines is 1. The lowest BCUT2D eigenvalue weighted by atomic mass is 9.82. The van der Waals surface area contributed by atoms with E-state index in [0.29, 0.717) is 0 Å². The zero-order valence-corrected chi connectivity index (χ0v) is 14.5. The molecule has 0 saturated carbocycles. The average molecular weight is 331 g/mol. The Morgan fingerprint density at radius 2 is 1.84 bits per heavy atom. The van der Waals surface area contributed by atoms with E-state index in [1.54, 1.807) is 0 Å². The maximum atomic E-state index is 13.7. The second-order valence-electron chi connectivity index (χ2n) is 7.24. The van der Waals surface area contributed by atoms with Crippen LogP contribution in [0.2, 0.25) is 0 Å². The van der Waals surface area contributed by atoms with E-state index in [9.17, 15) is 4.79 Å². The molecule has 4 nitrogen and oxygen atoms in total. The number of amides is 1. The van der Waals surface area contributed by atoms with Crippen LogP contribution in [0.25, 0.3) is 10.9 Å². The highest BCUT2D eigenvalue weighted by atomic mass is 16.2. The fraction of sp³-hybridized carbons (Fsp3) is 0.286. The molecular formula is C21H21N3O. The molecule has 2 aliphatic heterocycles. The van der Waals surface area contributed by atoms with E-state index in [4.69, 9.17) is 0 Å². The van der Waals surface area contributed by atoms with Crippen LogP contribution in [0, 0.1) is 0 Å². The minimum atomic E-state index is -0.798. The van der Waals surface area contributed by atoms with Gasteiger partial charge in [0.2, 0.25) is 0 Å². The molecule has 3 aromatic rings. The molecule has 1 amide bonds. The van der Waals surface area contributed by atoms with Gasteiger partial charge in [0.25, 0.3) is 5.91 Å². The Kier molecular flexibility index (Phi) is 2.92. The molecule has 0 radical (unpaired) electrons. The molecule has 2 aromatic carbocycles. The van der Waals surface area contributed by atoms with Crippen LogP contribution in [0.15, 0.2) is 48.5 Å². The third-order valence-corrected chi connectivity index (χ3v) is 5.58. The summed E-state index contributed by atoms with van der Waals surface area (Å²) in [6.07, 6.45) is 0.929. The minimum absolute atomic E-state index is 0.115. The van der Waals surface area contributed by atoms with Gasteiger partial charge in [-0.05, 0) is 38.0 Å². The molecule has 0 aliphatic carbocycles. The van der Waals surface area contributed by atoms with Gasteiger partial charge in [-0.1, -0.05) is 36.4 Å². The summed E-state index contributed by atoms with van der Waals surface area (Å²) in [5.74, 6) is 0.121. The molecule has 3 heterocycles. The van der Waals surface area contributed by atoms with Crippen LogP contribution in [0.4, 0.5) is 5.69 Å². The summed E-state index contributed by atoms with van der Waals surface area (Å²) in [7, 11) is 0. The highest BCUT2D eigenvalue weighted by molar-refractivity contribution is 6.11. The van der Waals surface area contributed by atoms with E-state index in [-0.39, 0.29) is 11.9 Å². The summed E-state index contributed by atoms with van der Waals surface area (Å²) in [5, 5.41) is 4.81. The van der Waals surface area contributed by atoms with E-state index in [1.165, 1.54) is 10.9 Å². The van der Waals surface area contributed by atoms with Crippen LogP contribution in [0.1, 0.15) is 30.7 Å². The number of carbonyl (C=O) groups excluding carboxylic acids is 1. The standard InChI is InChI=1S/C21H21N3O/c1-13(2)24-18-10-6-4-8-16(18)21(20(24)25)19-15(11-12-22-21)14-7-3-5-9-17(14)23-19/h3-10,13,22-23H,11-12H2,1-2H3. The average Bonchev–Trinajstić information content (AvgIpc) is 3.11. The summed E-state index contributed by atoms with van der Waals surface area (Å²) in [4.78, 5) is 19.2. The topological polar surface area (TPSA) is 48.1 Å². The zero-order valence-electron chi connectivity index (χ0n) is 14.5. The Morgan fingerprint density at radius 1 is 1.08 bits per heavy atom. The molecule has 0 fully saturated rings. The van der Waals surface area contributed by atoms with Gasteiger partial charge in [-0.25, -0.2) is 0 Å². The van der Waals surface area contributed by atoms with Crippen molar-refractivity contribution in [1.29, 1.82) is 0 Å². The molecule has 1 aromatic heterocycles. The predicted octanol–water partition coefficient (Wildman–Crippen LogP) is 3.31. The number of carbonyl (C=O) groups is 1. The molecule has 1 unspecified atom stereocenters. The predicted molar refractivity (Wildman–Crippen MR) is 99.8 cm³/mol. The molecule has 2 N–H and O–H groups in total. The van der Waals surface area contributed by atoms with Gasteiger partial charge < -0.3 is 9.88 Å². The van der Waals surface area contributed by atoms with Gasteiger partial charge in [0.15, 0.2) is 5.54 Å². The lowest BCUT2D eigenvalue weighted by Gasteiger charge is -2.34. The number of para-hydroxylation sites is 2. The summed E-state index contributed by atoms with van der Waals surface area (Å²) in [5.41, 5.74) is 4.66. The number of hydrogen-bond donors (Lipinski definition) is 2. The molecule has 25 heavy (non-hydrogen) atoms. The minimum Gasteiger partial charge on any atom is -0.356 e. The number of nitrogens with zero attached hydrogens (tertiary/aromatic N) is 1. The van der Waals surface area contributed by atoms with Crippen molar-refractivity contribution >= 4 is 22.5 Å². The highest BCUT2D eigenvalue weighted by Crippen LogP contribution is 2.48. The number of hydrogen-bond acceptors (Lipinski definition) is 2. The molecule has 2 aliphatic rings. The molecule has 0 saturated heterocycles. The van der Waals surface area contributed by atoms with Gasteiger partial charge in [0.1, 0.15) is 0 Å². The summed E-state index contributed by atoms with van der Waals surface area (Å²) in [6, 6.07) is 16.6. The Balaban J connectivity index is 1.85. The number of aromatic nitrogens is 1. The third-order valence-electron chi connectivity index (χ3n) is 5.58.